The Morgan fingerprint density at radius 2 is 1.66 bits per heavy atom. The number of benzene rings is 3. The zero-order valence-corrected chi connectivity index (χ0v) is 17.8. The average Bonchev–Trinajstić information content (AvgIpc) is 3.22. The van der Waals surface area contributed by atoms with Crippen LogP contribution in [0.5, 0.6) is 0 Å². The number of H-pyrrole nitrogens is 1. The first-order chi connectivity index (χ1) is 15.6. The molecule has 6 heteroatoms. The van der Waals surface area contributed by atoms with Crippen molar-refractivity contribution in [1.82, 2.24) is 10.3 Å². The molecule has 2 amide bonds. The van der Waals surface area contributed by atoms with Gasteiger partial charge in [-0.3, -0.25) is 4.79 Å². The summed E-state index contributed by atoms with van der Waals surface area (Å²) in [4.78, 5) is 28.9. The van der Waals surface area contributed by atoms with Crippen molar-refractivity contribution >= 4 is 28.6 Å². The molecule has 0 saturated heterocycles. The number of alkyl carbamates (subject to hydrolysis) is 1. The van der Waals surface area contributed by atoms with Gasteiger partial charge in [-0.25, -0.2) is 4.79 Å². The topological polar surface area (TPSA) is 83.2 Å². The number of amides is 2. The molecule has 3 aromatic carbocycles. The highest BCUT2D eigenvalue weighted by Gasteiger charge is 2.24. The van der Waals surface area contributed by atoms with Gasteiger partial charge in [0.25, 0.3) is 0 Å². The first kappa shape index (κ1) is 21.2. The molecule has 0 radical (unpaired) electrons. The van der Waals surface area contributed by atoms with Gasteiger partial charge in [-0.2, -0.15) is 0 Å². The Labute approximate surface area is 186 Å². The SMILES string of the molecule is Cc1ccccc1NC(=O)[C@H](Cc1c[nH]c2ccccc12)NC(=O)OCc1ccccc1. The Balaban J connectivity index is 1.50. The lowest BCUT2D eigenvalue weighted by atomic mass is 10.0. The highest BCUT2D eigenvalue weighted by molar-refractivity contribution is 5.97. The maximum absolute atomic E-state index is 13.1. The van der Waals surface area contributed by atoms with Crippen LogP contribution in [-0.2, 0) is 22.6 Å². The lowest BCUT2D eigenvalue weighted by Crippen LogP contribution is -2.45. The van der Waals surface area contributed by atoms with Gasteiger partial charge in [0.15, 0.2) is 0 Å². The zero-order valence-electron chi connectivity index (χ0n) is 17.8. The smallest absolute Gasteiger partial charge is 0.408 e. The summed E-state index contributed by atoms with van der Waals surface area (Å²) in [6.45, 7) is 2.05. The third-order valence-corrected chi connectivity index (χ3v) is 5.32. The Bertz CT molecular complexity index is 1220. The summed E-state index contributed by atoms with van der Waals surface area (Å²) in [5.41, 5.74) is 4.44. The van der Waals surface area contributed by atoms with Gasteiger partial charge < -0.3 is 20.4 Å². The molecule has 0 bridgehead atoms. The summed E-state index contributed by atoms with van der Waals surface area (Å²) in [6.07, 6.45) is 1.55. The molecule has 1 heterocycles. The first-order valence-corrected chi connectivity index (χ1v) is 10.5. The molecule has 162 valence electrons. The van der Waals surface area contributed by atoms with Crippen LogP contribution in [-0.4, -0.2) is 23.0 Å². The van der Waals surface area contributed by atoms with Crippen molar-refractivity contribution in [3.63, 3.8) is 0 Å². The van der Waals surface area contributed by atoms with Crippen LogP contribution in [0.1, 0.15) is 16.7 Å². The van der Waals surface area contributed by atoms with E-state index in [9.17, 15) is 9.59 Å². The number of aromatic amines is 1. The van der Waals surface area contributed by atoms with E-state index in [2.05, 4.69) is 15.6 Å². The van der Waals surface area contributed by atoms with E-state index in [-0.39, 0.29) is 12.5 Å². The minimum absolute atomic E-state index is 0.131. The van der Waals surface area contributed by atoms with E-state index < -0.39 is 12.1 Å². The van der Waals surface area contributed by atoms with Crippen molar-refractivity contribution < 1.29 is 14.3 Å². The van der Waals surface area contributed by atoms with Crippen LogP contribution in [0, 0.1) is 6.92 Å². The molecule has 1 aromatic heterocycles. The second-order valence-corrected chi connectivity index (χ2v) is 7.63. The molecule has 4 aromatic rings. The van der Waals surface area contributed by atoms with E-state index in [1.165, 1.54) is 0 Å². The van der Waals surface area contributed by atoms with Crippen LogP contribution >= 0.6 is 0 Å². The zero-order chi connectivity index (χ0) is 22.3. The lowest BCUT2D eigenvalue weighted by molar-refractivity contribution is -0.118. The number of carbonyl (C=O) groups excluding carboxylic acids is 2. The van der Waals surface area contributed by atoms with Crippen molar-refractivity contribution in [2.24, 2.45) is 0 Å². The molecule has 32 heavy (non-hydrogen) atoms. The van der Waals surface area contributed by atoms with Crippen molar-refractivity contribution in [3.05, 3.63) is 102 Å². The predicted molar refractivity (Wildman–Crippen MR) is 125 cm³/mol. The van der Waals surface area contributed by atoms with Crippen molar-refractivity contribution in [2.75, 3.05) is 5.32 Å². The van der Waals surface area contributed by atoms with Crippen molar-refractivity contribution in [1.29, 1.82) is 0 Å². The summed E-state index contributed by atoms with van der Waals surface area (Å²) in [5.74, 6) is -0.304. The number of carbonyl (C=O) groups is 2. The number of para-hydroxylation sites is 2. The molecule has 0 aliphatic rings. The lowest BCUT2D eigenvalue weighted by Gasteiger charge is -2.19. The van der Waals surface area contributed by atoms with Crippen molar-refractivity contribution in [3.8, 4) is 0 Å². The fourth-order valence-corrected chi connectivity index (χ4v) is 3.57. The Morgan fingerprint density at radius 1 is 0.938 bits per heavy atom. The number of ether oxygens (including phenoxy) is 1. The Kier molecular flexibility index (Phi) is 6.51. The summed E-state index contributed by atoms with van der Waals surface area (Å²) < 4.78 is 5.35. The number of nitrogens with one attached hydrogen (secondary N) is 3. The second kappa shape index (κ2) is 9.83. The quantitative estimate of drug-likeness (QED) is 0.390. The molecule has 4 rings (SSSR count). The van der Waals surface area contributed by atoms with E-state index in [0.29, 0.717) is 12.1 Å². The van der Waals surface area contributed by atoms with Crippen LogP contribution < -0.4 is 10.6 Å². The maximum Gasteiger partial charge on any atom is 0.408 e. The highest BCUT2D eigenvalue weighted by Crippen LogP contribution is 2.20. The number of anilines is 1. The third kappa shape index (κ3) is 5.16. The molecule has 0 spiro atoms. The molecule has 3 N–H and O–H groups in total. The van der Waals surface area contributed by atoms with Gasteiger partial charge in [-0.05, 0) is 35.7 Å². The van der Waals surface area contributed by atoms with Gasteiger partial charge in [0.1, 0.15) is 12.6 Å². The fourth-order valence-electron chi connectivity index (χ4n) is 3.57. The molecule has 0 saturated carbocycles. The third-order valence-electron chi connectivity index (χ3n) is 5.32. The molecule has 0 aliphatic carbocycles. The second-order valence-electron chi connectivity index (χ2n) is 7.63. The van der Waals surface area contributed by atoms with Gasteiger partial charge >= 0.3 is 6.09 Å². The standard InChI is InChI=1S/C26H25N3O3/c1-18-9-5-7-13-22(18)28-25(30)24(15-20-16-27-23-14-8-6-12-21(20)23)29-26(31)32-17-19-10-3-2-4-11-19/h2-14,16,24,27H,15,17H2,1H3,(H,28,30)(H,29,31)/t24-/m0/s1. The van der Waals surface area contributed by atoms with Gasteiger partial charge in [-0.1, -0.05) is 66.7 Å². The highest BCUT2D eigenvalue weighted by atomic mass is 16.5. The molecule has 0 aliphatic heterocycles. The monoisotopic (exact) mass is 427 g/mol. The first-order valence-electron chi connectivity index (χ1n) is 10.5. The van der Waals surface area contributed by atoms with E-state index in [4.69, 9.17) is 4.74 Å². The van der Waals surface area contributed by atoms with E-state index in [0.717, 1.165) is 27.6 Å². The van der Waals surface area contributed by atoms with Crippen LogP contribution in [0.15, 0.2) is 85.1 Å². The number of rotatable bonds is 7. The number of aryl methyl sites for hydroxylation is 1. The summed E-state index contributed by atoms with van der Waals surface area (Å²) in [6, 6.07) is 24.0. The molecule has 1 atom stereocenters. The van der Waals surface area contributed by atoms with Crippen LogP contribution in [0.3, 0.4) is 0 Å². The van der Waals surface area contributed by atoms with E-state index in [1.54, 1.807) is 0 Å². The molecular weight excluding hydrogens is 402 g/mol. The summed E-state index contributed by atoms with van der Waals surface area (Å²) in [5, 5.41) is 6.69. The number of aromatic nitrogens is 1. The predicted octanol–water partition coefficient (Wildman–Crippen LogP) is 4.95. The molecule has 0 unspecified atom stereocenters. The van der Waals surface area contributed by atoms with Gasteiger partial charge in [0, 0.05) is 29.2 Å². The van der Waals surface area contributed by atoms with Crippen LogP contribution in [0.4, 0.5) is 10.5 Å². The van der Waals surface area contributed by atoms with E-state index in [1.807, 2.05) is 92.0 Å². The fraction of sp³-hybridized carbons (Fsp3) is 0.154. The normalized spacial score (nSPS) is 11.7. The number of fused-ring (bicyclic) bond motifs is 1. The summed E-state index contributed by atoms with van der Waals surface area (Å²) >= 11 is 0. The van der Waals surface area contributed by atoms with Crippen molar-refractivity contribution in [2.45, 2.75) is 26.0 Å². The average molecular weight is 428 g/mol. The Hall–Kier alpha value is -4.06. The number of hydrogen-bond donors (Lipinski definition) is 3. The van der Waals surface area contributed by atoms with Gasteiger partial charge in [0.2, 0.25) is 5.91 Å². The van der Waals surface area contributed by atoms with Crippen LogP contribution in [0.25, 0.3) is 10.9 Å². The minimum Gasteiger partial charge on any atom is -0.445 e. The Morgan fingerprint density at radius 3 is 2.47 bits per heavy atom. The van der Waals surface area contributed by atoms with E-state index >= 15 is 0 Å². The summed E-state index contributed by atoms with van der Waals surface area (Å²) in [7, 11) is 0. The minimum atomic E-state index is -0.808. The molecular formula is C26H25N3O3. The molecule has 6 nitrogen and oxygen atoms in total. The van der Waals surface area contributed by atoms with Crippen LogP contribution in [0.2, 0.25) is 0 Å². The largest absolute Gasteiger partial charge is 0.445 e. The maximum atomic E-state index is 13.1. The molecule has 0 fully saturated rings. The van der Waals surface area contributed by atoms with Gasteiger partial charge in [-0.15, -0.1) is 0 Å². The van der Waals surface area contributed by atoms with Gasteiger partial charge in [0.05, 0.1) is 0 Å². The number of hydrogen-bond acceptors (Lipinski definition) is 3.